The fraction of sp³-hybridized carbons (Fsp3) is 0.185. The summed E-state index contributed by atoms with van der Waals surface area (Å²) in [6.07, 6.45) is 1.17. The first-order chi connectivity index (χ1) is 31.5. The maximum atomic E-state index is 14.5. The van der Waals surface area contributed by atoms with Crippen molar-refractivity contribution in [3.05, 3.63) is 210 Å². The monoisotopic (exact) mass is 849 g/mol. The van der Waals surface area contributed by atoms with Crippen molar-refractivity contribution in [2.75, 3.05) is 13.7 Å². The van der Waals surface area contributed by atoms with E-state index in [4.69, 9.17) is 23.7 Å². The number of fused-ring (bicyclic) bond motifs is 2. The Morgan fingerprint density at radius 2 is 1.12 bits per heavy atom. The largest absolute Gasteiger partial charge is 0.489 e. The molecule has 10 nitrogen and oxygen atoms in total. The van der Waals surface area contributed by atoms with Gasteiger partial charge in [-0.15, -0.1) is 0 Å². The average Bonchev–Trinajstić information content (AvgIpc) is 4.09. The number of aromatic amines is 1. The third kappa shape index (κ3) is 8.27. The number of ether oxygens (including phenoxy) is 5. The SMILES string of the molecule is CN1C(=O)C(c2c[nH]c3ccccc23)=C(c2cn([C@@H]3O[C@H](COCc4ccccc4)[C@@H](OCc4ccccc4)[C@H]3OCc3ccccc3)c3cc(OCc4ccccc4)ccc23)C1=O. The van der Waals surface area contributed by atoms with Crippen LogP contribution in [0.3, 0.4) is 0 Å². The fourth-order valence-corrected chi connectivity index (χ4v) is 8.74. The van der Waals surface area contributed by atoms with E-state index in [1.54, 1.807) is 6.20 Å². The number of rotatable bonds is 16. The summed E-state index contributed by atoms with van der Waals surface area (Å²) in [6, 6.07) is 53.7. The predicted molar refractivity (Wildman–Crippen MR) is 246 cm³/mol. The number of aromatic nitrogens is 2. The van der Waals surface area contributed by atoms with Crippen LogP contribution in [-0.2, 0) is 55.0 Å². The van der Waals surface area contributed by atoms with Crippen molar-refractivity contribution in [2.24, 2.45) is 0 Å². The van der Waals surface area contributed by atoms with E-state index in [0.717, 1.165) is 44.1 Å². The second-order valence-electron chi connectivity index (χ2n) is 16.2. The Hall–Kier alpha value is -7.08. The molecule has 0 unspecified atom stereocenters. The van der Waals surface area contributed by atoms with Gasteiger partial charge in [0.05, 0.1) is 43.1 Å². The van der Waals surface area contributed by atoms with Crippen molar-refractivity contribution in [3.8, 4) is 5.75 Å². The first-order valence-corrected chi connectivity index (χ1v) is 21.5. The number of nitrogens with zero attached hydrogens (tertiary/aromatic N) is 2. The van der Waals surface area contributed by atoms with Gasteiger partial charge in [0.25, 0.3) is 11.8 Å². The minimum Gasteiger partial charge on any atom is -0.489 e. The van der Waals surface area contributed by atoms with Gasteiger partial charge in [-0.1, -0.05) is 140 Å². The van der Waals surface area contributed by atoms with Crippen molar-refractivity contribution in [3.63, 3.8) is 0 Å². The van der Waals surface area contributed by atoms with Gasteiger partial charge < -0.3 is 33.2 Å². The van der Waals surface area contributed by atoms with E-state index in [1.165, 1.54) is 11.9 Å². The highest BCUT2D eigenvalue weighted by Crippen LogP contribution is 2.44. The van der Waals surface area contributed by atoms with Gasteiger partial charge in [-0.2, -0.15) is 0 Å². The Morgan fingerprint density at radius 3 is 1.77 bits per heavy atom. The molecule has 4 heterocycles. The Bertz CT molecular complexity index is 2930. The molecule has 1 saturated heterocycles. The molecule has 10 heteroatoms. The molecule has 64 heavy (non-hydrogen) atoms. The number of likely N-dealkylation sites (N-methyl/N-ethyl adjacent to an activating group) is 1. The molecule has 2 aromatic heterocycles. The fourth-order valence-electron chi connectivity index (χ4n) is 8.74. The molecule has 320 valence electrons. The highest BCUT2D eigenvalue weighted by atomic mass is 16.6. The molecule has 0 saturated carbocycles. The molecule has 2 amide bonds. The normalized spacial score (nSPS) is 18.8. The lowest BCUT2D eigenvalue weighted by Crippen LogP contribution is -2.38. The molecule has 1 fully saturated rings. The second-order valence-corrected chi connectivity index (χ2v) is 16.2. The van der Waals surface area contributed by atoms with E-state index >= 15 is 0 Å². The lowest BCUT2D eigenvalue weighted by Gasteiger charge is -2.26. The summed E-state index contributed by atoms with van der Waals surface area (Å²) < 4.78 is 35.8. The van der Waals surface area contributed by atoms with Crippen molar-refractivity contribution in [2.45, 2.75) is 51.0 Å². The highest BCUT2D eigenvalue weighted by molar-refractivity contribution is 6.50. The van der Waals surface area contributed by atoms with Crippen LogP contribution < -0.4 is 4.74 Å². The molecule has 0 spiro atoms. The Kier molecular flexibility index (Phi) is 11.7. The van der Waals surface area contributed by atoms with Crippen LogP contribution in [-0.4, -0.2) is 58.2 Å². The van der Waals surface area contributed by atoms with E-state index in [0.29, 0.717) is 54.5 Å². The topological polar surface area (TPSA) is 104 Å². The predicted octanol–water partition coefficient (Wildman–Crippen LogP) is 9.90. The van der Waals surface area contributed by atoms with Gasteiger partial charge >= 0.3 is 0 Å². The number of amides is 2. The van der Waals surface area contributed by atoms with E-state index in [2.05, 4.69) is 4.98 Å². The number of carbonyl (C=O) groups is 2. The Labute approximate surface area is 371 Å². The molecular weight excluding hydrogens is 803 g/mol. The number of imide groups is 1. The summed E-state index contributed by atoms with van der Waals surface area (Å²) >= 11 is 0. The third-order valence-corrected chi connectivity index (χ3v) is 12.0. The average molecular weight is 850 g/mol. The molecule has 0 bridgehead atoms. The summed E-state index contributed by atoms with van der Waals surface area (Å²) in [7, 11) is 1.53. The second kappa shape index (κ2) is 18.3. The van der Waals surface area contributed by atoms with Gasteiger partial charge in [-0.3, -0.25) is 14.5 Å². The number of hydrogen-bond donors (Lipinski definition) is 1. The van der Waals surface area contributed by atoms with E-state index in [9.17, 15) is 9.59 Å². The van der Waals surface area contributed by atoms with Gasteiger partial charge in [0.1, 0.15) is 30.7 Å². The van der Waals surface area contributed by atoms with E-state index in [1.807, 2.05) is 175 Å². The van der Waals surface area contributed by atoms with Gasteiger partial charge in [0.2, 0.25) is 0 Å². The molecule has 8 aromatic rings. The number of carbonyl (C=O) groups excluding carboxylic acids is 2. The first kappa shape index (κ1) is 41.0. The Balaban J connectivity index is 1.11. The summed E-state index contributed by atoms with van der Waals surface area (Å²) in [4.78, 5) is 33.1. The van der Waals surface area contributed by atoms with Crippen molar-refractivity contribution >= 4 is 44.8 Å². The van der Waals surface area contributed by atoms with Gasteiger partial charge in [0.15, 0.2) is 6.23 Å². The van der Waals surface area contributed by atoms with E-state index in [-0.39, 0.29) is 12.5 Å². The lowest BCUT2D eigenvalue weighted by atomic mass is 9.95. The first-order valence-electron chi connectivity index (χ1n) is 21.5. The van der Waals surface area contributed by atoms with Crippen LogP contribution in [0.5, 0.6) is 5.75 Å². The van der Waals surface area contributed by atoms with Crippen LogP contribution in [0.4, 0.5) is 0 Å². The van der Waals surface area contributed by atoms with Gasteiger partial charge in [-0.05, 0) is 40.5 Å². The van der Waals surface area contributed by atoms with Crippen LogP contribution in [0, 0.1) is 0 Å². The minimum absolute atomic E-state index is 0.223. The molecule has 1 N–H and O–H groups in total. The smallest absolute Gasteiger partial charge is 0.261 e. The third-order valence-electron chi connectivity index (χ3n) is 12.0. The molecular formula is C54H47N3O7. The van der Waals surface area contributed by atoms with Crippen LogP contribution in [0.25, 0.3) is 33.0 Å². The number of nitrogens with one attached hydrogen (secondary N) is 1. The summed E-state index contributed by atoms with van der Waals surface area (Å²) in [5, 5.41) is 1.59. The van der Waals surface area contributed by atoms with Gasteiger partial charge in [-0.25, -0.2) is 0 Å². The minimum atomic E-state index is -0.766. The zero-order valence-electron chi connectivity index (χ0n) is 35.3. The lowest BCUT2D eigenvalue weighted by molar-refractivity contribution is -0.134. The molecule has 2 aliphatic heterocycles. The maximum Gasteiger partial charge on any atom is 0.261 e. The summed E-state index contributed by atoms with van der Waals surface area (Å²) in [5.41, 5.74) is 7.53. The van der Waals surface area contributed by atoms with Crippen molar-refractivity contribution in [1.29, 1.82) is 0 Å². The highest BCUT2D eigenvalue weighted by Gasteiger charge is 2.48. The van der Waals surface area contributed by atoms with Crippen LogP contribution >= 0.6 is 0 Å². The standard InChI is InChI=1S/C54H47N3O7/c1-56-52(58)48(43-29-55-45-25-15-14-24-41(43)45)49(53(56)59)44-30-57(46-28-40(26-27-42(44)46)61-32-37-18-8-3-9-19-37)54-51(63-34-39-22-12-5-13-23-39)50(62-33-38-20-10-4-11-21-38)47(64-54)35-60-31-36-16-6-2-7-17-36/h2-30,47,50-51,54-55H,31-35H2,1H3/t47-,50-,51-,54-/m1/s1. The molecule has 2 aliphatic rings. The Morgan fingerprint density at radius 1 is 0.578 bits per heavy atom. The van der Waals surface area contributed by atoms with Crippen LogP contribution in [0.2, 0.25) is 0 Å². The molecule has 6 aromatic carbocycles. The molecule has 0 radical (unpaired) electrons. The molecule has 0 aliphatic carbocycles. The van der Waals surface area contributed by atoms with Gasteiger partial charge in [0, 0.05) is 52.9 Å². The number of hydrogen-bond acceptors (Lipinski definition) is 7. The maximum absolute atomic E-state index is 14.5. The zero-order chi connectivity index (χ0) is 43.4. The molecule has 10 rings (SSSR count). The number of H-pyrrole nitrogens is 1. The van der Waals surface area contributed by atoms with E-state index < -0.39 is 30.4 Å². The van der Waals surface area contributed by atoms with Crippen LogP contribution in [0.15, 0.2) is 176 Å². The van der Waals surface area contributed by atoms with Crippen LogP contribution in [0.1, 0.15) is 39.6 Å². The zero-order valence-corrected chi connectivity index (χ0v) is 35.3. The number of para-hydroxylation sites is 1. The van der Waals surface area contributed by atoms with Crippen molar-refractivity contribution in [1.82, 2.24) is 14.5 Å². The quantitative estimate of drug-likeness (QED) is 0.0966. The summed E-state index contributed by atoms with van der Waals surface area (Å²) in [5.74, 6) is -0.146. The molecule has 4 atom stereocenters. The number of benzene rings is 6. The van der Waals surface area contributed by atoms with Crippen molar-refractivity contribution < 1.29 is 33.3 Å². The summed E-state index contributed by atoms with van der Waals surface area (Å²) in [6.45, 7) is 1.58.